The van der Waals surface area contributed by atoms with Gasteiger partial charge in [0.15, 0.2) is 0 Å². The third kappa shape index (κ3) is 2.17. The second kappa shape index (κ2) is 4.01. The van der Waals surface area contributed by atoms with E-state index in [-0.39, 0.29) is 0 Å². The molecule has 1 N–H and O–H groups in total. The maximum Gasteiger partial charge on any atom is 0.129 e. The van der Waals surface area contributed by atoms with E-state index in [4.69, 9.17) is 4.74 Å². The number of aryl methyl sites for hydroxylation is 1. The second-order valence-corrected chi connectivity index (χ2v) is 2.47. The van der Waals surface area contributed by atoms with Crippen molar-refractivity contribution >= 4 is 5.82 Å². The molecule has 0 bridgehead atoms. The summed E-state index contributed by atoms with van der Waals surface area (Å²) in [6.45, 7) is 2.39. The minimum absolute atomic E-state index is 0.526. The van der Waals surface area contributed by atoms with Crippen LogP contribution in [0.2, 0.25) is 0 Å². The number of rotatable bonds is 3. The Hall–Kier alpha value is -1.16. The molecule has 0 saturated heterocycles. The SMILES string of the molecule is CNc1cc(COC)nc(C)n1. The highest BCUT2D eigenvalue weighted by molar-refractivity contribution is 5.34. The fourth-order valence-corrected chi connectivity index (χ4v) is 0.979. The van der Waals surface area contributed by atoms with Gasteiger partial charge in [-0.1, -0.05) is 0 Å². The van der Waals surface area contributed by atoms with Gasteiger partial charge in [0.1, 0.15) is 11.6 Å². The van der Waals surface area contributed by atoms with E-state index in [1.165, 1.54) is 0 Å². The Bertz CT molecular complexity index is 262. The highest BCUT2D eigenvalue weighted by Crippen LogP contribution is 2.05. The molecule has 4 nitrogen and oxygen atoms in total. The Kier molecular flexibility index (Phi) is 2.99. The first kappa shape index (κ1) is 8.93. The van der Waals surface area contributed by atoms with Crippen molar-refractivity contribution < 1.29 is 4.74 Å². The zero-order valence-corrected chi connectivity index (χ0v) is 7.59. The molecule has 0 spiro atoms. The summed E-state index contributed by atoms with van der Waals surface area (Å²) in [6.07, 6.45) is 0. The van der Waals surface area contributed by atoms with Crippen LogP contribution in [-0.4, -0.2) is 24.1 Å². The Morgan fingerprint density at radius 1 is 1.50 bits per heavy atom. The minimum atomic E-state index is 0.526. The topological polar surface area (TPSA) is 47.0 Å². The van der Waals surface area contributed by atoms with Gasteiger partial charge in [-0.2, -0.15) is 0 Å². The van der Waals surface area contributed by atoms with Crippen molar-refractivity contribution in [3.8, 4) is 0 Å². The van der Waals surface area contributed by atoms with E-state index < -0.39 is 0 Å². The first-order valence-corrected chi connectivity index (χ1v) is 3.77. The van der Waals surface area contributed by atoms with Crippen LogP contribution in [0.1, 0.15) is 11.5 Å². The van der Waals surface area contributed by atoms with Crippen LogP contribution in [0, 0.1) is 6.92 Å². The van der Waals surface area contributed by atoms with Crippen molar-refractivity contribution in [1.82, 2.24) is 9.97 Å². The van der Waals surface area contributed by atoms with E-state index in [2.05, 4.69) is 15.3 Å². The van der Waals surface area contributed by atoms with E-state index in [9.17, 15) is 0 Å². The molecule has 0 unspecified atom stereocenters. The fourth-order valence-electron chi connectivity index (χ4n) is 0.979. The zero-order valence-electron chi connectivity index (χ0n) is 7.59. The van der Waals surface area contributed by atoms with Crippen LogP contribution in [0.15, 0.2) is 6.07 Å². The maximum atomic E-state index is 4.96. The molecule has 0 aliphatic heterocycles. The van der Waals surface area contributed by atoms with Gasteiger partial charge in [-0.05, 0) is 6.92 Å². The summed E-state index contributed by atoms with van der Waals surface area (Å²) in [5, 5.41) is 2.96. The molecule has 0 aliphatic rings. The molecule has 4 heteroatoms. The number of aromatic nitrogens is 2. The van der Waals surface area contributed by atoms with Crippen molar-refractivity contribution in [1.29, 1.82) is 0 Å². The lowest BCUT2D eigenvalue weighted by Gasteiger charge is -2.03. The Balaban J connectivity index is 2.90. The first-order valence-electron chi connectivity index (χ1n) is 3.77. The molecule has 1 aromatic heterocycles. The Labute approximate surface area is 72.0 Å². The molecule has 1 aromatic rings. The van der Waals surface area contributed by atoms with Crippen LogP contribution >= 0.6 is 0 Å². The zero-order chi connectivity index (χ0) is 8.97. The molecule has 12 heavy (non-hydrogen) atoms. The fraction of sp³-hybridized carbons (Fsp3) is 0.500. The highest BCUT2D eigenvalue weighted by Gasteiger charge is 1.98. The summed E-state index contributed by atoms with van der Waals surface area (Å²) in [4.78, 5) is 8.35. The lowest BCUT2D eigenvalue weighted by Crippen LogP contribution is -2.01. The number of hydrogen-bond acceptors (Lipinski definition) is 4. The van der Waals surface area contributed by atoms with E-state index in [1.54, 1.807) is 7.11 Å². The van der Waals surface area contributed by atoms with Gasteiger partial charge in [0, 0.05) is 20.2 Å². The summed E-state index contributed by atoms with van der Waals surface area (Å²) >= 11 is 0. The number of hydrogen-bond donors (Lipinski definition) is 1. The number of nitrogens with zero attached hydrogens (tertiary/aromatic N) is 2. The van der Waals surface area contributed by atoms with Crippen LogP contribution in [0.4, 0.5) is 5.82 Å². The summed E-state index contributed by atoms with van der Waals surface area (Å²) < 4.78 is 4.96. The molecular formula is C8H13N3O. The van der Waals surface area contributed by atoms with Gasteiger partial charge in [0.05, 0.1) is 12.3 Å². The lowest BCUT2D eigenvalue weighted by molar-refractivity contribution is 0.181. The van der Waals surface area contributed by atoms with Crippen LogP contribution in [0.25, 0.3) is 0 Å². The van der Waals surface area contributed by atoms with Crippen LogP contribution in [0.3, 0.4) is 0 Å². The molecule has 0 amide bonds. The molecule has 0 saturated carbocycles. The molecule has 0 atom stereocenters. The third-order valence-corrected chi connectivity index (χ3v) is 1.44. The van der Waals surface area contributed by atoms with E-state index in [1.807, 2.05) is 20.0 Å². The second-order valence-electron chi connectivity index (χ2n) is 2.47. The average molecular weight is 167 g/mol. The van der Waals surface area contributed by atoms with Crippen molar-refractivity contribution in [2.24, 2.45) is 0 Å². The molecular weight excluding hydrogens is 154 g/mol. The van der Waals surface area contributed by atoms with Crippen molar-refractivity contribution in [2.75, 3.05) is 19.5 Å². The van der Waals surface area contributed by atoms with Crippen LogP contribution < -0.4 is 5.32 Å². The largest absolute Gasteiger partial charge is 0.378 e. The summed E-state index contributed by atoms with van der Waals surface area (Å²) in [5.74, 6) is 1.59. The smallest absolute Gasteiger partial charge is 0.129 e. The third-order valence-electron chi connectivity index (χ3n) is 1.44. The lowest BCUT2D eigenvalue weighted by atomic mass is 10.4. The Morgan fingerprint density at radius 3 is 2.83 bits per heavy atom. The van der Waals surface area contributed by atoms with Crippen LogP contribution in [-0.2, 0) is 11.3 Å². The predicted octanol–water partition coefficient (Wildman–Crippen LogP) is 0.973. The van der Waals surface area contributed by atoms with Gasteiger partial charge < -0.3 is 10.1 Å². The van der Waals surface area contributed by atoms with E-state index >= 15 is 0 Å². The molecule has 0 aromatic carbocycles. The quantitative estimate of drug-likeness (QED) is 0.728. The van der Waals surface area contributed by atoms with Gasteiger partial charge in [-0.3, -0.25) is 0 Å². The molecule has 66 valence electrons. The standard InChI is InChI=1S/C8H13N3O/c1-6-10-7(5-12-3)4-8(9-2)11-6/h4H,5H2,1-3H3,(H,9,10,11). The highest BCUT2D eigenvalue weighted by atomic mass is 16.5. The summed E-state index contributed by atoms with van der Waals surface area (Å²) in [6, 6.07) is 1.87. The van der Waals surface area contributed by atoms with Crippen molar-refractivity contribution in [3.63, 3.8) is 0 Å². The number of nitrogens with one attached hydrogen (secondary N) is 1. The number of ether oxygens (including phenoxy) is 1. The molecule has 0 radical (unpaired) electrons. The average Bonchev–Trinajstić information content (AvgIpc) is 2.04. The monoisotopic (exact) mass is 167 g/mol. The molecule has 0 fully saturated rings. The van der Waals surface area contributed by atoms with Crippen LogP contribution in [0.5, 0.6) is 0 Å². The molecule has 0 aliphatic carbocycles. The summed E-state index contributed by atoms with van der Waals surface area (Å²) in [7, 11) is 3.48. The predicted molar refractivity (Wildman–Crippen MR) is 47.0 cm³/mol. The number of anilines is 1. The summed E-state index contributed by atoms with van der Waals surface area (Å²) in [5.41, 5.74) is 0.898. The van der Waals surface area contributed by atoms with Gasteiger partial charge in [0.2, 0.25) is 0 Å². The van der Waals surface area contributed by atoms with Crippen molar-refractivity contribution in [3.05, 3.63) is 17.6 Å². The van der Waals surface area contributed by atoms with Gasteiger partial charge in [-0.15, -0.1) is 0 Å². The minimum Gasteiger partial charge on any atom is -0.378 e. The van der Waals surface area contributed by atoms with Gasteiger partial charge >= 0.3 is 0 Å². The molecule has 1 rings (SSSR count). The maximum absolute atomic E-state index is 4.96. The van der Waals surface area contributed by atoms with Gasteiger partial charge in [-0.25, -0.2) is 9.97 Å². The molecule has 1 heterocycles. The van der Waals surface area contributed by atoms with E-state index in [0.29, 0.717) is 6.61 Å². The first-order chi connectivity index (χ1) is 5.76. The van der Waals surface area contributed by atoms with Gasteiger partial charge in [0.25, 0.3) is 0 Å². The normalized spacial score (nSPS) is 9.92. The Morgan fingerprint density at radius 2 is 2.25 bits per heavy atom. The number of methoxy groups -OCH3 is 1. The van der Waals surface area contributed by atoms with E-state index in [0.717, 1.165) is 17.3 Å². The van der Waals surface area contributed by atoms with Crippen molar-refractivity contribution in [2.45, 2.75) is 13.5 Å².